The molecule has 0 aliphatic carbocycles. The number of nitrogen functional groups attached to an aromatic ring is 1. The molecular weight excluding hydrogens is 1630 g/mol. The van der Waals surface area contributed by atoms with Crippen LogP contribution in [0.1, 0.15) is 137 Å². The molecule has 0 fully saturated rings. The van der Waals surface area contributed by atoms with E-state index in [9.17, 15) is 95.7 Å². The van der Waals surface area contributed by atoms with E-state index in [0.29, 0.717) is 48.3 Å². The maximum atomic E-state index is 13.6. The van der Waals surface area contributed by atoms with E-state index < -0.39 is 141 Å². The maximum absolute atomic E-state index is 13.6. The summed E-state index contributed by atoms with van der Waals surface area (Å²) in [5.41, 5.74) is 9.81. The number of phosphoric ester groups is 2. The predicted octanol–water partition coefficient (Wildman–Crippen LogP) is 3.98. The number of phosphoric acid groups is 6. The number of nitrogens with zero attached hydrogens (tertiary/aromatic N) is 6. The first kappa shape index (κ1) is 86.6. The molecule has 0 bridgehead atoms. The average molecular weight is 1710 g/mol. The molecule has 0 saturated heterocycles. The van der Waals surface area contributed by atoms with Crippen LogP contribution in [-0.2, 0) is 93.8 Å². The standard InChI is InChI=1S/C54H82IN9O30P6S2/c1-38(64-37-61-48-49(56)59-36-60-50(48)64)89-47(55-68)35-88-96(71,72)91-98(75,76)93-100(79,80)94-99(77,78)92-97(73,74)90-95(69,70)87-30-16-9-7-14-26-58-52(67)40-22-24-44-42(34-40)54(4,5)46(63(44)28-18-32-102(84,85)86)20-12-10-11-19-45-53(2,3)41-33-39(51(66)57-25-13-6-8-15-29-65)21-23-43(41)62(45)27-17-31-101(81,82)83/h10-12,19-24,33-34,36-38,47,65,68H,6-9,13-18,25-32,35H2,1-5H3,(H,57,66)(H,58,67)(H,69,70)(H,71,72)(H,73,74)(H,75,76)(H,77,78)(H,79,80)(H2,56,59,60)(H,81,82,83)(H,84,85,86). The van der Waals surface area contributed by atoms with Crippen LogP contribution in [0.25, 0.3) is 11.2 Å². The molecule has 0 radical (unpaired) electrons. The zero-order valence-electron chi connectivity index (χ0n) is 55.4. The van der Waals surface area contributed by atoms with Crippen LogP contribution in [0.2, 0.25) is 0 Å². The fraction of sp³-hybridized carbons (Fsp3) is 0.519. The first-order valence-electron chi connectivity index (χ1n) is 30.8. The summed E-state index contributed by atoms with van der Waals surface area (Å²) < 4.78 is 186. The molecule has 102 heavy (non-hydrogen) atoms. The molecule has 8 unspecified atom stereocenters. The third kappa shape index (κ3) is 26.3. The Morgan fingerprint density at radius 2 is 1.20 bits per heavy atom. The van der Waals surface area contributed by atoms with Gasteiger partial charge in [-0.3, -0.25) is 23.2 Å². The Hall–Kier alpha value is -4.29. The van der Waals surface area contributed by atoms with Gasteiger partial charge >= 0.3 is 215 Å². The number of aliphatic hydroxyl groups excluding tert-OH is 1. The molecule has 0 spiro atoms. The van der Waals surface area contributed by atoms with Crippen LogP contribution < -0.4 is 42.9 Å². The molecule has 572 valence electrons. The number of nitrogens with one attached hydrogen (secondary N) is 2. The average Bonchev–Trinajstić information content (AvgIpc) is 1.59. The Labute approximate surface area is 597 Å². The molecule has 48 heteroatoms. The fourth-order valence-corrected chi connectivity index (χ4v) is 20.7. The number of imidazole rings is 1. The zero-order chi connectivity index (χ0) is 75.9. The fourth-order valence-electron chi connectivity index (χ4n) is 10.7. The van der Waals surface area contributed by atoms with Crippen molar-refractivity contribution in [1.82, 2.24) is 30.2 Å². The second-order valence-electron chi connectivity index (χ2n) is 23.7. The number of benzene rings is 2. The van der Waals surface area contributed by atoms with E-state index in [2.05, 4.69) is 56.2 Å². The molecule has 2 aromatic carbocycles. The normalized spacial score (nSPS) is 19.2. The van der Waals surface area contributed by atoms with Crippen molar-refractivity contribution in [1.29, 1.82) is 0 Å². The number of aromatic nitrogens is 4. The van der Waals surface area contributed by atoms with E-state index in [1.165, 1.54) is 17.8 Å². The van der Waals surface area contributed by atoms with Gasteiger partial charge in [-0.05, 0) is 87.9 Å². The number of rotatable bonds is 44. The molecule has 2 amide bonds. The summed E-state index contributed by atoms with van der Waals surface area (Å²) in [7, 11) is -45.9. The number of alkyl halides is 1. The SMILES string of the molecule is CC(OC(COP(=O)(O)OP(=O)(O)OP(=O)(O)OP(=O)(O)OP(=O)(O)OP(=O)(O)OCCCCCCNC(=O)c1ccc2c(c1)C(C)(C)C(=CC=CC=CC1=[N+](CCCS(=O)(=O)O)c3ccc(C(=O)NCCCCCCO)cc3C1(C)C)N2CCCS(=O)(=O)O)[I-]O)n1cnc2c(N)ncnc21. The Morgan fingerprint density at radius 3 is 1.76 bits per heavy atom. The molecule has 6 rings (SSSR count). The molecule has 4 heterocycles. The van der Waals surface area contributed by atoms with E-state index in [1.807, 2.05) is 55.4 Å². The van der Waals surface area contributed by atoms with Crippen LogP contribution in [0, 0.1) is 0 Å². The molecule has 2 aliphatic heterocycles. The third-order valence-electron chi connectivity index (χ3n) is 15.2. The van der Waals surface area contributed by atoms with Crippen molar-refractivity contribution in [2.75, 3.05) is 68.1 Å². The van der Waals surface area contributed by atoms with Crippen LogP contribution in [0.15, 0.2) is 85.1 Å². The van der Waals surface area contributed by atoms with Gasteiger partial charge in [0.2, 0.25) is 5.69 Å². The van der Waals surface area contributed by atoms with Crippen molar-refractivity contribution in [3.8, 4) is 0 Å². The van der Waals surface area contributed by atoms with Crippen LogP contribution >= 0.6 is 46.9 Å². The number of amides is 2. The van der Waals surface area contributed by atoms with Gasteiger partial charge in [-0.2, -0.15) is 25.7 Å². The number of anilines is 2. The van der Waals surface area contributed by atoms with Crippen LogP contribution in [-0.4, -0.2) is 167 Å². The summed E-state index contributed by atoms with van der Waals surface area (Å²) in [6, 6.07) is 10.3. The number of carbonyl (C=O) groups is 2. The molecule has 4 aromatic rings. The second kappa shape index (κ2) is 36.5. The van der Waals surface area contributed by atoms with E-state index >= 15 is 0 Å². The van der Waals surface area contributed by atoms with Crippen molar-refractivity contribution in [2.45, 2.75) is 120 Å². The number of carbonyl (C=O) groups excluding carboxylic acids is 2. The molecule has 2 aliphatic rings. The van der Waals surface area contributed by atoms with Gasteiger partial charge in [-0.25, -0.2) is 9.13 Å². The number of aliphatic hydroxyl groups is 1. The minimum absolute atomic E-state index is 0.0226. The molecule has 8 atom stereocenters. The van der Waals surface area contributed by atoms with Crippen molar-refractivity contribution < 1.29 is 162 Å². The number of fused-ring (bicyclic) bond motifs is 3. The van der Waals surface area contributed by atoms with Crippen LogP contribution in [0.5, 0.6) is 0 Å². The Kier molecular flexibility index (Phi) is 31.0. The quantitative estimate of drug-likeness (QED) is 0.00566. The molecular formula is C54H82IN9O30P6S2. The molecule has 14 N–H and O–H groups in total. The topological polar surface area (TPSA) is 581 Å². The summed E-state index contributed by atoms with van der Waals surface area (Å²) in [4.78, 5) is 100. The van der Waals surface area contributed by atoms with Gasteiger partial charge in [-0.15, -0.1) is 0 Å². The monoisotopic (exact) mass is 1710 g/mol. The summed E-state index contributed by atoms with van der Waals surface area (Å²) in [6.45, 7) is 8.57. The number of hydrogen-bond donors (Lipinski definition) is 13. The third-order valence-corrected chi connectivity index (χ3v) is 27.3. The Balaban J connectivity index is 0.979. The zero-order valence-corrected chi connectivity index (χ0v) is 64.5. The first-order valence-corrected chi connectivity index (χ1v) is 45.2. The molecule has 0 saturated carbocycles. The van der Waals surface area contributed by atoms with Crippen molar-refractivity contribution >= 4 is 113 Å². The summed E-state index contributed by atoms with van der Waals surface area (Å²) in [5, 5.41) is 14.8. The van der Waals surface area contributed by atoms with Gasteiger partial charge in [0.05, 0.1) is 23.5 Å². The second-order valence-corrected chi connectivity index (χ2v) is 38.2. The van der Waals surface area contributed by atoms with Crippen LogP contribution in [0.4, 0.5) is 17.2 Å². The summed E-state index contributed by atoms with van der Waals surface area (Å²) in [6.07, 6.45) is 14.6. The van der Waals surface area contributed by atoms with E-state index in [0.717, 1.165) is 42.6 Å². The molecule has 2 aromatic heterocycles. The van der Waals surface area contributed by atoms with E-state index in [1.54, 1.807) is 48.6 Å². The van der Waals surface area contributed by atoms with Crippen LogP contribution in [0.3, 0.4) is 0 Å². The first-order chi connectivity index (χ1) is 47.3. The Morgan fingerprint density at radius 1 is 0.667 bits per heavy atom. The number of hydrogen-bond acceptors (Lipinski definition) is 27. The molecule has 39 nitrogen and oxygen atoms in total. The Bertz CT molecular complexity index is 4350. The number of unbranched alkanes of at least 4 members (excludes halogenated alkanes) is 6. The van der Waals surface area contributed by atoms with Crippen molar-refractivity contribution in [3.63, 3.8) is 0 Å². The number of ether oxygens (including phenoxy) is 1. The number of nitrogens with two attached hydrogens (primary N) is 1. The summed E-state index contributed by atoms with van der Waals surface area (Å²) in [5.74, 6) is -1.71. The van der Waals surface area contributed by atoms with Gasteiger partial charge in [0.25, 0.3) is 32.1 Å². The van der Waals surface area contributed by atoms with Gasteiger partial charge in [-0.1, -0.05) is 57.8 Å². The van der Waals surface area contributed by atoms with Crippen molar-refractivity contribution in [2.24, 2.45) is 0 Å². The number of halogens is 1. The summed E-state index contributed by atoms with van der Waals surface area (Å²) >= 11 is -2.00. The van der Waals surface area contributed by atoms with E-state index in [-0.39, 0.29) is 80.4 Å². The van der Waals surface area contributed by atoms with E-state index in [4.69, 9.17) is 15.6 Å². The van der Waals surface area contributed by atoms with Gasteiger partial charge < -0.3 is 30.4 Å². The van der Waals surface area contributed by atoms with Crippen molar-refractivity contribution in [3.05, 3.63) is 107 Å². The van der Waals surface area contributed by atoms with Gasteiger partial charge in [0.1, 0.15) is 6.54 Å². The van der Waals surface area contributed by atoms with Gasteiger partial charge in [0.15, 0.2) is 5.71 Å². The number of allylic oxidation sites excluding steroid dienone is 6. The van der Waals surface area contributed by atoms with Gasteiger partial charge in [0, 0.05) is 78.3 Å². The minimum atomic E-state index is -6.55. The predicted molar refractivity (Wildman–Crippen MR) is 361 cm³/mol.